The molecular formula is C11H12S3. The molecule has 0 aliphatic heterocycles. The third-order valence-electron chi connectivity index (χ3n) is 2.31. The maximum Gasteiger partial charge on any atom is 0.0608 e. The Hall–Kier alpha value is -0.120. The van der Waals surface area contributed by atoms with E-state index in [9.17, 15) is 0 Å². The van der Waals surface area contributed by atoms with E-state index in [1.165, 1.54) is 19.9 Å². The number of hydrogen-bond donors (Lipinski definition) is 1. The van der Waals surface area contributed by atoms with Gasteiger partial charge < -0.3 is 0 Å². The molecule has 0 nitrogen and oxygen atoms in total. The van der Waals surface area contributed by atoms with Gasteiger partial charge in [-0.2, -0.15) is 0 Å². The van der Waals surface area contributed by atoms with Gasteiger partial charge in [-0.25, -0.2) is 0 Å². The summed E-state index contributed by atoms with van der Waals surface area (Å²) < 4.78 is 2.70. The van der Waals surface area contributed by atoms with Gasteiger partial charge in [-0.3, -0.25) is 0 Å². The van der Waals surface area contributed by atoms with Crippen molar-refractivity contribution in [3.8, 4) is 0 Å². The maximum atomic E-state index is 4.49. The van der Waals surface area contributed by atoms with E-state index in [0.29, 0.717) is 0 Å². The summed E-state index contributed by atoms with van der Waals surface area (Å²) in [5.74, 6) is 0. The highest BCUT2D eigenvalue weighted by molar-refractivity contribution is 8.00. The smallest absolute Gasteiger partial charge is 0.0608 e. The van der Waals surface area contributed by atoms with Crippen molar-refractivity contribution in [2.75, 3.05) is 6.26 Å². The number of thiol groups is 1. The lowest BCUT2D eigenvalue weighted by molar-refractivity contribution is 1.16. The largest absolute Gasteiger partial charge is 0.142 e. The number of aryl methyl sites for hydroxylation is 1. The molecule has 0 bridgehead atoms. The first-order chi connectivity index (χ1) is 6.76. The molecule has 0 aliphatic carbocycles. The molecule has 2 aromatic rings. The van der Waals surface area contributed by atoms with E-state index in [2.05, 4.69) is 44.0 Å². The fraction of sp³-hybridized carbons (Fsp3) is 0.273. The Labute approximate surface area is 98.1 Å². The first-order valence-corrected chi connectivity index (χ1v) is 7.03. The van der Waals surface area contributed by atoms with Crippen LogP contribution in [0, 0.1) is 0 Å². The Morgan fingerprint density at radius 1 is 1.43 bits per heavy atom. The summed E-state index contributed by atoms with van der Waals surface area (Å²) in [6.45, 7) is 2.20. The van der Waals surface area contributed by atoms with Crippen molar-refractivity contribution in [1.29, 1.82) is 0 Å². The molecule has 74 valence electrons. The van der Waals surface area contributed by atoms with Crippen molar-refractivity contribution >= 4 is 45.8 Å². The highest BCUT2D eigenvalue weighted by atomic mass is 32.2. The van der Waals surface area contributed by atoms with Gasteiger partial charge in [0.15, 0.2) is 0 Å². The lowest BCUT2D eigenvalue weighted by atomic mass is 10.1. The van der Waals surface area contributed by atoms with Crippen LogP contribution in [0.3, 0.4) is 0 Å². The molecule has 0 unspecified atom stereocenters. The number of thioether (sulfide) groups is 1. The van der Waals surface area contributed by atoms with Crippen LogP contribution in [0.15, 0.2) is 27.3 Å². The van der Waals surface area contributed by atoms with E-state index >= 15 is 0 Å². The molecule has 1 aromatic heterocycles. The summed E-state index contributed by atoms with van der Waals surface area (Å²) in [6, 6.07) is 6.57. The summed E-state index contributed by atoms with van der Waals surface area (Å²) in [5, 5.41) is 1.38. The molecule has 0 spiro atoms. The maximum absolute atomic E-state index is 4.49. The van der Waals surface area contributed by atoms with E-state index in [1.54, 1.807) is 11.8 Å². The zero-order chi connectivity index (χ0) is 10.1. The minimum absolute atomic E-state index is 1.09. The lowest BCUT2D eigenvalue weighted by Crippen LogP contribution is -1.80. The topological polar surface area (TPSA) is 0 Å². The van der Waals surface area contributed by atoms with Gasteiger partial charge >= 0.3 is 0 Å². The molecule has 0 fully saturated rings. The van der Waals surface area contributed by atoms with Gasteiger partial charge in [0.05, 0.1) is 4.21 Å². The van der Waals surface area contributed by atoms with E-state index in [1.807, 2.05) is 11.3 Å². The number of benzene rings is 1. The van der Waals surface area contributed by atoms with Crippen molar-refractivity contribution in [3.63, 3.8) is 0 Å². The van der Waals surface area contributed by atoms with E-state index in [-0.39, 0.29) is 0 Å². The van der Waals surface area contributed by atoms with Gasteiger partial charge in [0.2, 0.25) is 0 Å². The van der Waals surface area contributed by atoms with Crippen LogP contribution in [0.5, 0.6) is 0 Å². The SMILES string of the molecule is CCc1ccc(S)c2sc(SC)cc12. The van der Waals surface area contributed by atoms with E-state index in [0.717, 1.165) is 11.3 Å². The first-order valence-electron chi connectivity index (χ1n) is 4.54. The Morgan fingerprint density at radius 2 is 2.21 bits per heavy atom. The summed E-state index contributed by atoms with van der Waals surface area (Å²) >= 11 is 8.14. The van der Waals surface area contributed by atoms with Gasteiger partial charge in [-0.1, -0.05) is 13.0 Å². The normalized spacial score (nSPS) is 11.1. The molecule has 2 rings (SSSR count). The molecule has 3 heteroatoms. The number of rotatable bonds is 2. The Morgan fingerprint density at radius 3 is 2.86 bits per heavy atom. The van der Waals surface area contributed by atoms with Crippen LogP contribution in [0.4, 0.5) is 0 Å². The highest BCUT2D eigenvalue weighted by Gasteiger charge is 2.07. The van der Waals surface area contributed by atoms with Gasteiger partial charge in [-0.05, 0) is 35.8 Å². The average Bonchev–Trinajstić information content (AvgIpc) is 2.63. The zero-order valence-electron chi connectivity index (χ0n) is 8.20. The van der Waals surface area contributed by atoms with Crippen molar-refractivity contribution in [1.82, 2.24) is 0 Å². The molecule has 0 atom stereocenters. The second-order valence-electron chi connectivity index (χ2n) is 3.11. The molecule has 14 heavy (non-hydrogen) atoms. The third kappa shape index (κ3) is 1.69. The van der Waals surface area contributed by atoms with Crippen LogP contribution in [-0.4, -0.2) is 6.26 Å². The van der Waals surface area contributed by atoms with Crippen molar-refractivity contribution in [2.24, 2.45) is 0 Å². The number of thiophene rings is 1. The second kappa shape index (κ2) is 4.17. The number of hydrogen-bond acceptors (Lipinski definition) is 3. The minimum atomic E-state index is 1.09. The Kier molecular flexibility index (Phi) is 3.10. The van der Waals surface area contributed by atoms with Crippen LogP contribution in [-0.2, 0) is 6.42 Å². The summed E-state index contributed by atoms with van der Waals surface area (Å²) in [7, 11) is 0. The molecule has 1 heterocycles. The van der Waals surface area contributed by atoms with Crippen LogP contribution in [0.2, 0.25) is 0 Å². The molecule has 0 amide bonds. The van der Waals surface area contributed by atoms with Crippen LogP contribution in [0.1, 0.15) is 12.5 Å². The number of fused-ring (bicyclic) bond motifs is 1. The fourth-order valence-corrected chi connectivity index (χ4v) is 3.55. The third-order valence-corrected chi connectivity index (χ3v) is 5.07. The molecule has 0 saturated heterocycles. The van der Waals surface area contributed by atoms with Crippen molar-refractivity contribution < 1.29 is 0 Å². The highest BCUT2D eigenvalue weighted by Crippen LogP contribution is 2.37. The monoisotopic (exact) mass is 240 g/mol. The Bertz CT molecular complexity index is 457. The van der Waals surface area contributed by atoms with Gasteiger partial charge in [0.1, 0.15) is 0 Å². The fourth-order valence-electron chi connectivity index (χ4n) is 1.55. The molecular weight excluding hydrogens is 228 g/mol. The molecule has 0 aliphatic rings. The molecule has 0 N–H and O–H groups in total. The Balaban J connectivity index is 2.74. The second-order valence-corrected chi connectivity index (χ2v) is 5.75. The van der Waals surface area contributed by atoms with E-state index < -0.39 is 0 Å². The molecule has 1 aromatic carbocycles. The van der Waals surface area contributed by atoms with Crippen LogP contribution in [0.25, 0.3) is 10.1 Å². The van der Waals surface area contributed by atoms with E-state index in [4.69, 9.17) is 0 Å². The van der Waals surface area contributed by atoms with Crippen LogP contribution >= 0.6 is 35.7 Å². The predicted molar refractivity (Wildman–Crippen MR) is 70.2 cm³/mol. The quantitative estimate of drug-likeness (QED) is 0.597. The van der Waals surface area contributed by atoms with Gasteiger partial charge in [0.25, 0.3) is 0 Å². The molecule has 0 saturated carbocycles. The summed E-state index contributed by atoms with van der Waals surface area (Å²) in [6.07, 6.45) is 3.21. The minimum Gasteiger partial charge on any atom is -0.142 e. The van der Waals surface area contributed by atoms with Gasteiger partial charge in [0, 0.05) is 9.60 Å². The first kappa shape index (κ1) is 10.4. The van der Waals surface area contributed by atoms with Gasteiger partial charge in [-0.15, -0.1) is 35.7 Å². The van der Waals surface area contributed by atoms with Crippen LogP contribution < -0.4 is 0 Å². The van der Waals surface area contributed by atoms with Crippen molar-refractivity contribution in [2.45, 2.75) is 22.4 Å². The van der Waals surface area contributed by atoms with Crippen molar-refractivity contribution in [3.05, 3.63) is 23.8 Å². The lowest BCUT2D eigenvalue weighted by Gasteiger charge is -2.00. The average molecular weight is 240 g/mol. The molecule has 0 radical (unpaired) electrons. The summed E-state index contributed by atoms with van der Waals surface area (Å²) in [5.41, 5.74) is 1.43. The zero-order valence-corrected chi connectivity index (χ0v) is 10.7. The standard InChI is InChI=1S/C11H12S3/c1-3-7-4-5-9(12)11-8(7)6-10(13-2)14-11/h4-6,12H,3H2,1-2H3. The predicted octanol–water partition coefficient (Wildman–Crippen LogP) is 4.47. The summed E-state index contributed by atoms with van der Waals surface area (Å²) in [4.78, 5) is 1.10.